The van der Waals surface area contributed by atoms with Gasteiger partial charge in [-0.15, -0.1) is 0 Å². The second kappa shape index (κ2) is 10.3. The van der Waals surface area contributed by atoms with E-state index >= 15 is 0 Å². The molecule has 1 amide bonds. The number of carbonyl (C=O) groups is 1. The van der Waals surface area contributed by atoms with Gasteiger partial charge in [-0.1, -0.05) is 12.1 Å². The molecule has 0 heterocycles. The van der Waals surface area contributed by atoms with Crippen LogP contribution in [0.3, 0.4) is 0 Å². The Labute approximate surface area is 161 Å². The van der Waals surface area contributed by atoms with Crippen molar-refractivity contribution in [1.82, 2.24) is 0 Å². The highest BCUT2D eigenvalue weighted by molar-refractivity contribution is 6.04. The van der Waals surface area contributed by atoms with Gasteiger partial charge in [0.25, 0.3) is 11.6 Å². The highest BCUT2D eigenvalue weighted by atomic mass is 16.6. The van der Waals surface area contributed by atoms with Crippen molar-refractivity contribution in [2.24, 2.45) is 5.73 Å². The molecule has 2 aromatic carbocycles. The number of allylic oxidation sites excluding steroid dienone is 1. The van der Waals surface area contributed by atoms with Crippen molar-refractivity contribution in [2.45, 2.75) is 6.92 Å². The number of para-hydroxylation sites is 2. The Morgan fingerprint density at radius 2 is 1.75 bits per heavy atom. The van der Waals surface area contributed by atoms with Gasteiger partial charge in [0.1, 0.15) is 23.0 Å². The number of hydrogen-bond donors (Lipinski definition) is 4. The minimum Gasteiger partial charge on any atom is -0.510 e. The van der Waals surface area contributed by atoms with Crippen molar-refractivity contribution in [3.63, 3.8) is 0 Å². The maximum atomic E-state index is 11.5. The number of anilines is 2. The van der Waals surface area contributed by atoms with E-state index in [0.29, 0.717) is 22.9 Å². The molecular weight excluding hydrogens is 368 g/mol. The summed E-state index contributed by atoms with van der Waals surface area (Å²) in [4.78, 5) is 21.3. The quantitative estimate of drug-likeness (QED) is 0.199. The van der Waals surface area contributed by atoms with E-state index in [9.17, 15) is 14.9 Å². The van der Waals surface area contributed by atoms with Crippen LogP contribution < -0.4 is 26.3 Å². The molecule has 0 bridgehead atoms. The van der Waals surface area contributed by atoms with Crippen LogP contribution in [0, 0.1) is 10.1 Å². The molecule has 150 valence electrons. The van der Waals surface area contributed by atoms with Crippen molar-refractivity contribution < 1.29 is 24.3 Å². The van der Waals surface area contributed by atoms with Crippen molar-refractivity contribution in [3.8, 4) is 11.5 Å². The highest BCUT2D eigenvalue weighted by Crippen LogP contribution is 2.26. The number of methoxy groups -OCH3 is 2. The number of non-ortho nitro benzene ring substituents is 1. The molecule has 0 aliphatic heterocycles. The van der Waals surface area contributed by atoms with Gasteiger partial charge in [0.2, 0.25) is 0 Å². The van der Waals surface area contributed by atoms with Gasteiger partial charge < -0.3 is 31.4 Å². The van der Waals surface area contributed by atoms with Gasteiger partial charge >= 0.3 is 0 Å². The third-order valence-corrected chi connectivity index (χ3v) is 3.42. The fourth-order valence-electron chi connectivity index (χ4n) is 1.92. The van der Waals surface area contributed by atoms with Crippen molar-refractivity contribution >= 4 is 23.0 Å². The van der Waals surface area contributed by atoms with Crippen LogP contribution in [-0.4, -0.2) is 30.2 Å². The monoisotopic (exact) mass is 390 g/mol. The lowest BCUT2D eigenvalue weighted by molar-refractivity contribution is -0.384. The number of carbonyl (C=O) groups excluding carboxylic acids is 1. The molecule has 0 saturated carbocycles. The smallest absolute Gasteiger partial charge is 0.275 e. The number of nitrogens with two attached hydrogens (primary N) is 2. The van der Waals surface area contributed by atoms with Crippen molar-refractivity contribution in [1.29, 1.82) is 0 Å². The standard InChI is InChI=1S/C11H14N2O3.C7H8N2O3/c1-7(14)10(12)11(15)13-8-5-3-4-6-9(8)16-2;1-12-7-4-5(9(10)11)2-3-6(7)8/h3-6,14H,12H2,1-2H3,(H,13,15);2-4H,8H2,1H3/b10-7-;. The number of nitro benzene ring substituents is 1. The van der Waals surface area contributed by atoms with E-state index in [0.717, 1.165) is 0 Å². The van der Waals surface area contributed by atoms with E-state index in [1.807, 2.05) is 0 Å². The number of rotatable bonds is 5. The molecule has 0 fully saturated rings. The Kier molecular flexibility index (Phi) is 8.09. The van der Waals surface area contributed by atoms with Crippen LogP contribution in [-0.2, 0) is 4.79 Å². The zero-order valence-corrected chi connectivity index (χ0v) is 15.6. The molecule has 6 N–H and O–H groups in total. The van der Waals surface area contributed by atoms with Crippen LogP contribution in [0.1, 0.15) is 6.92 Å². The Balaban J connectivity index is 0.000000292. The van der Waals surface area contributed by atoms with Gasteiger partial charge in [0, 0.05) is 6.07 Å². The molecule has 28 heavy (non-hydrogen) atoms. The number of nitro groups is 1. The Bertz CT molecular complexity index is 878. The lowest BCUT2D eigenvalue weighted by Crippen LogP contribution is -2.21. The Hall–Kier alpha value is -3.95. The van der Waals surface area contributed by atoms with Gasteiger partial charge in [0.05, 0.1) is 36.6 Å². The summed E-state index contributed by atoms with van der Waals surface area (Å²) < 4.78 is 9.86. The minimum absolute atomic E-state index is 0.0268. The van der Waals surface area contributed by atoms with Crippen LogP contribution in [0.5, 0.6) is 11.5 Å². The zero-order valence-electron chi connectivity index (χ0n) is 15.6. The second-order valence-corrected chi connectivity index (χ2v) is 5.34. The molecule has 0 spiro atoms. The first-order valence-corrected chi connectivity index (χ1v) is 7.88. The Morgan fingerprint density at radius 3 is 2.29 bits per heavy atom. The number of aliphatic hydroxyl groups is 1. The minimum atomic E-state index is -0.565. The summed E-state index contributed by atoms with van der Waals surface area (Å²) in [6.45, 7) is 1.34. The molecule has 2 aromatic rings. The van der Waals surface area contributed by atoms with Gasteiger partial charge in [-0.05, 0) is 25.1 Å². The van der Waals surface area contributed by atoms with E-state index in [1.165, 1.54) is 39.3 Å². The summed E-state index contributed by atoms with van der Waals surface area (Å²) in [5.41, 5.74) is 11.5. The predicted molar refractivity (Wildman–Crippen MR) is 105 cm³/mol. The van der Waals surface area contributed by atoms with Crippen LogP contribution in [0.4, 0.5) is 17.1 Å². The molecule has 2 rings (SSSR count). The maximum Gasteiger partial charge on any atom is 0.275 e. The normalized spacial score (nSPS) is 10.7. The van der Waals surface area contributed by atoms with Crippen LogP contribution >= 0.6 is 0 Å². The molecule has 0 atom stereocenters. The van der Waals surface area contributed by atoms with Crippen molar-refractivity contribution in [3.05, 3.63) is 64.0 Å². The molecule has 0 radical (unpaired) electrons. The summed E-state index contributed by atoms with van der Waals surface area (Å²) in [7, 11) is 2.91. The molecular formula is C18H22N4O6. The topological polar surface area (TPSA) is 163 Å². The van der Waals surface area contributed by atoms with Crippen LogP contribution in [0.15, 0.2) is 53.9 Å². The first kappa shape index (κ1) is 22.1. The predicted octanol–water partition coefficient (Wildman–Crippen LogP) is 2.57. The summed E-state index contributed by atoms with van der Waals surface area (Å²) in [6.07, 6.45) is 0. The largest absolute Gasteiger partial charge is 0.510 e. The average Bonchev–Trinajstić information content (AvgIpc) is 2.68. The van der Waals surface area contributed by atoms with Gasteiger partial charge in [-0.3, -0.25) is 14.9 Å². The number of hydrogen-bond acceptors (Lipinski definition) is 8. The van der Waals surface area contributed by atoms with E-state index in [-0.39, 0.29) is 17.1 Å². The number of amides is 1. The first-order valence-electron chi connectivity index (χ1n) is 7.88. The lowest BCUT2D eigenvalue weighted by Gasteiger charge is -2.09. The zero-order chi connectivity index (χ0) is 21.3. The maximum absolute atomic E-state index is 11.5. The van der Waals surface area contributed by atoms with Crippen LogP contribution in [0.2, 0.25) is 0 Å². The van der Waals surface area contributed by atoms with E-state index < -0.39 is 10.8 Å². The highest BCUT2D eigenvalue weighted by Gasteiger charge is 2.11. The number of nitrogens with zero attached hydrogens (tertiary/aromatic N) is 1. The van der Waals surface area contributed by atoms with E-state index in [2.05, 4.69) is 5.32 Å². The number of nitrogen functional groups attached to an aromatic ring is 1. The molecule has 0 aliphatic rings. The van der Waals surface area contributed by atoms with E-state index in [4.69, 9.17) is 26.0 Å². The van der Waals surface area contributed by atoms with Crippen molar-refractivity contribution in [2.75, 3.05) is 25.3 Å². The molecule has 0 saturated heterocycles. The number of aliphatic hydroxyl groups excluding tert-OH is 1. The summed E-state index contributed by atoms with van der Waals surface area (Å²) in [5, 5.41) is 21.9. The summed E-state index contributed by atoms with van der Waals surface area (Å²) in [5.74, 6) is 0.0698. The van der Waals surface area contributed by atoms with Gasteiger partial charge in [0.15, 0.2) is 0 Å². The average molecular weight is 390 g/mol. The molecule has 10 nitrogen and oxygen atoms in total. The SMILES string of the molecule is COc1cc([N+](=O)[O-])ccc1N.COc1ccccc1NC(=O)/C(N)=C(\C)O. The second-order valence-electron chi connectivity index (χ2n) is 5.34. The molecule has 0 aliphatic carbocycles. The summed E-state index contributed by atoms with van der Waals surface area (Å²) >= 11 is 0. The third kappa shape index (κ3) is 6.09. The fraction of sp³-hybridized carbons (Fsp3) is 0.167. The summed E-state index contributed by atoms with van der Waals surface area (Å²) in [6, 6.07) is 11.0. The van der Waals surface area contributed by atoms with Gasteiger partial charge in [-0.25, -0.2) is 0 Å². The molecule has 0 aromatic heterocycles. The Morgan fingerprint density at radius 1 is 1.14 bits per heavy atom. The molecule has 10 heteroatoms. The first-order chi connectivity index (χ1) is 13.2. The van der Waals surface area contributed by atoms with Crippen LogP contribution in [0.25, 0.3) is 0 Å². The number of ether oxygens (including phenoxy) is 2. The lowest BCUT2D eigenvalue weighted by atomic mass is 10.2. The number of benzene rings is 2. The van der Waals surface area contributed by atoms with E-state index in [1.54, 1.807) is 24.3 Å². The number of nitrogens with one attached hydrogen (secondary N) is 1. The molecule has 0 unspecified atom stereocenters. The third-order valence-electron chi connectivity index (χ3n) is 3.42. The fourth-order valence-corrected chi connectivity index (χ4v) is 1.92. The van der Waals surface area contributed by atoms with Gasteiger partial charge in [-0.2, -0.15) is 0 Å².